The van der Waals surface area contributed by atoms with Gasteiger partial charge in [0.1, 0.15) is 10.7 Å². The molecule has 1 aromatic rings. The van der Waals surface area contributed by atoms with Crippen LogP contribution in [0.4, 0.5) is 5.82 Å². The highest BCUT2D eigenvalue weighted by Crippen LogP contribution is 2.36. The molecule has 0 bridgehead atoms. The molecule has 116 valence electrons. The second-order valence-electron chi connectivity index (χ2n) is 6.22. The van der Waals surface area contributed by atoms with Crippen molar-refractivity contribution in [2.45, 2.75) is 36.9 Å². The van der Waals surface area contributed by atoms with Crippen molar-refractivity contribution in [2.75, 3.05) is 32.1 Å². The summed E-state index contributed by atoms with van der Waals surface area (Å²) >= 11 is 0. The van der Waals surface area contributed by atoms with Crippen LogP contribution in [0.15, 0.2) is 23.2 Å². The molecule has 21 heavy (non-hydrogen) atoms. The lowest BCUT2D eigenvalue weighted by atomic mass is 10.1. The maximum Gasteiger partial charge on any atom is 0.247 e. The third kappa shape index (κ3) is 2.15. The minimum Gasteiger partial charge on any atom is -0.353 e. The summed E-state index contributed by atoms with van der Waals surface area (Å²) in [7, 11) is 0.454. The van der Waals surface area contributed by atoms with E-state index in [1.54, 1.807) is 22.6 Å². The largest absolute Gasteiger partial charge is 0.353 e. The number of hydrogen-bond acceptors (Lipinski definition) is 5. The van der Waals surface area contributed by atoms with Crippen molar-refractivity contribution >= 4 is 15.8 Å². The van der Waals surface area contributed by atoms with Crippen LogP contribution in [0.1, 0.15) is 13.8 Å². The Kier molecular flexibility index (Phi) is 3.46. The summed E-state index contributed by atoms with van der Waals surface area (Å²) in [6, 6.07) is 3.36. The summed E-state index contributed by atoms with van der Waals surface area (Å²) in [5.41, 5.74) is 0. The van der Waals surface area contributed by atoms with Crippen LogP contribution in [0.2, 0.25) is 0 Å². The molecule has 0 spiro atoms. The molecule has 0 saturated carbocycles. The number of aromatic nitrogens is 1. The van der Waals surface area contributed by atoms with E-state index in [9.17, 15) is 8.42 Å². The van der Waals surface area contributed by atoms with Gasteiger partial charge in [0.2, 0.25) is 10.0 Å². The zero-order valence-electron chi connectivity index (χ0n) is 12.9. The first-order valence-corrected chi connectivity index (χ1v) is 8.68. The first-order valence-electron chi connectivity index (χ1n) is 7.24. The molecular formula is C14H22N4O2S. The predicted molar refractivity (Wildman–Crippen MR) is 81.9 cm³/mol. The lowest BCUT2D eigenvalue weighted by Crippen LogP contribution is -2.52. The summed E-state index contributed by atoms with van der Waals surface area (Å²) in [4.78, 5) is 8.87. The average Bonchev–Trinajstić information content (AvgIpc) is 2.76. The van der Waals surface area contributed by atoms with Crippen LogP contribution in [0, 0.1) is 0 Å². The highest BCUT2D eigenvalue weighted by Gasteiger charge is 2.48. The molecule has 6 nitrogen and oxygen atoms in total. The van der Waals surface area contributed by atoms with Crippen molar-refractivity contribution in [3.8, 4) is 0 Å². The summed E-state index contributed by atoms with van der Waals surface area (Å²) < 4.78 is 27.9. The molecular weight excluding hydrogens is 288 g/mol. The number of pyridine rings is 1. The SMILES string of the molecule is CC(C)N1[C@H]2CN(C)C[C@H]2N(C)c2ncccc2S1(=O)=O. The fraction of sp³-hybridized carbons (Fsp3) is 0.643. The van der Waals surface area contributed by atoms with E-state index in [-0.39, 0.29) is 18.1 Å². The van der Waals surface area contributed by atoms with Gasteiger partial charge in [0.15, 0.2) is 0 Å². The lowest BCUT2D eigenvalue weighted by Gasteiger charge is -2.34. The second kappa shape index (κ2) is 4.93. The number of likely N-dealkylation sites (N-methyl/N-ethyl adjacent to an activating group) is 2. The van der Waals surface area contributed by atoms with Gasteiger partial charge in [0, 0.05) is 32.4 Å². The maximum absolute atomic E-state index is 13.1. The van der Waals surface area contributed by atoms with Gasteiger partial charge in [-0.1, -0.05) is 0 Å². The Hall–Kier alpha value is -1.18. The monoisotopic (exact) mass is 310 g/mol. The van der Waals surface area contributed by atoms with Gasteiger partial charge in [0.05, 0.1) is 12.1 Å². The van der Waals surface area contributed by atoms with Gasteiger partial charge in [0.25, 0.3) is 0 Å². The second-order valence-corrected chi connectivity index (χ2v) is 8.03. The minimum atomic E-state index is -3.53. The molecule has 1 fully saturated rings. The van der Waals surface area contributed by atoms with E-state index < -0.39 is 10.0 Å². The zero-order valence-corrected chi connectivity index (χ0v) is 13.7. The molecule has 0 N–H and O–H groups in total. The van der Waals surface area contributed by atoms with Crippen molar-refractivity contribution < 1.29 is 8.42 Å². The highest BCUT2D eigenvalue weighted by molar-refractivity contribution is 7.89. The molecule has 0 unspecified atom stereocenters. The molecule has 2 aliphatic rings. The number of hydrogen-bond donors (Lipinski definition) is 0. The zero-order chi connectivity index (χ0) is 15.4. The lowest BCUT2D eigenvalue weighted by molar-refractivity contribution is 0.261. The Morgan fingerprint density at radius 1 is 1.24 bits per heavy atom. The van der Waals surface area contributed by atoms with Gasteiger partial charge in [-0.25, -0.2) is 13.4 Å². The van der Waals surface area contributed by atoms with Crippen molar-refractivity contribution in [3.05, 3.63) is 18.3 Å². The van der Waals surface area contributed by atoms with E-state index in [0.29, 0.717) is 10.7 Å². The fourth-order valence-corrected chi connectivity index (χ4v) is 5.57. The number of sulfonamides is 1. The van der Waals surface area contributed by atoms with E-state index in [1.165, 1.54) is 0 Å². The van der Waals surface area contributed by atoms with Crippen LogP contribution >= 0.6 is 0 Å². The molecule has 0 radical (unpaired) electrons. The quantitative estimate of drug-likeness (QED) is 0.761. The van der Waals surface area contributed by atoms with Gasteiger partial charge >= 0.3 is 0 Å². The van der Waals surface area contributed by atoms with Crippen LogP contribution in [-0.2, 0) is 10.0 Å². The van der Waals surface area contributed by atoms with Gasteiger partial charge in [-0.2, -0.15) is 4.31 Å². The Morgan fingerprint density at radius 2 is 1.90 bits per heavy atom. The molecule has 0 aliphatic carbocycles. The number of anilines is 1. The Balaban J connectivity index is 2.24. The van der Waals surface area contributed by atoms with Crippen molar-refractivity contribution in [2.24, 2.45) is 0 Å². The number of rotatable bonds is 1. The van der Waals surface area contributed by atoms with E-state index in [2.05, 4.69) is 9.88 Å². The first kappa shape index (κ1) is 14.7. The van der Waals surface area contributed by atoms with Gasteiger partial charge in [-0.15, -0.1) is 0 Å². The molecule has 0 aromatic carbocycles. The maximum atomic E-state index is 13.1. The Morgan fingerprint density at radius 3 is 2.57 bits per heavy atom. The third-order valence-electron chi connectivity index (χ3n) is 4.42. The van der Waals surface area contributed by atoms with Crippen molar-refractivity contribution in [3.63, 3.8) is 0 Å². The third-order valence-corrected chi connectivity index (χ3v) is 6.54. The van der Waals surface area contributed by atoms with Crippen LogP contribution in [0.5, 0.6) is 0 Å². The van der Waals surface area contributed by atoms with Crippen LogP contribution < -0.4 is 4.90 Å². The molecule has 7 heteroatoms. The van der Waals surface area contributed by atoms with E-state index >= 15 is 0 Å². The fourth-order valence-electron chi connectivity index (χ4n) is 3.55. The first-order chi connectivity index (χ1) is 9.84. The average molecular weight is 310 g/mol. The molecule has 2 atom stereocenters. The smallest absolute Gasteiger partial charge is 0.247 e. The molecule has 1 saturated heterocycles. The van der Waals surface area contributed by atoms with E-state index in [0.717, 1.165) is 13.1 Å². The summed E-state index contributed by atoms with van der Waals surface area (Å²) in [6.45, 7) is 5.47. The van der Waals surface area contributed by atoms with Crippen molar-refractivity contribution in [1.82, 2.24) is 14.2 Å². The summed E-state index contributed by atoms with van der Waals surface area (Å²) in [6.07, 6.45) is 1.66. The number of fused-ring (bicyclic) bond motifs is 2. The molecule has 2 aliphatic heterocycles. The standard InChI is InChI=1S/C14H22N4O2S/c1-10(2)18-12-9-16(3)8-11(12)17(4)14-13(21(18,19)20)6-5-7-15-14/h5-7,10-12H,8-9H2,1-4H3/t11-,12+/m1/s1. The Bertz CT molecular complexity index is 646. The predicted octanol–water partition coefficient (Wildman–Crippen LogP) is 0.613. The van der Waals surface area contributed by atoms with E-state index in [1.807, 2.05) is 32.8 Å². The van der Waals surface area contributed by atoms with Crippen LogP contribution in [0.25, 0.3) is 0 Å². The molecule has 3 heterocycles. The normalized spacial score (nSPS) is 29.3. The summed E-state index contributed by atoms with van der Waals surface area (Å²) in [5, 5.41) is 0. The highest BCUT2D eigenvalue weighted by atomic mass is 32.2. The molecule has 1 aromatic heterocycles. The summed E-state index contributed by atoms with van der Waals surface area (Å²) in [5.74, 6) is 0.561. The van der Waals surface area contributed by atoms with Gasteiger partial charge in [-0.05, 0) is 33.0 Å². The Labute approximate surface area is 126 Å². The van der Waals surface area contributed by atoms with E-state index in [4.69, 9.17) is 0 Å². The van der Waals surface area contributed by atoms with Crippen molar-refractivity contribution in [1.29, 1.82) is 0 Å². The molecule has 3 rings (SSSR count). The number of likely N-dealkylation sites (tertiary alicyclic amines) is 1. The van der Waals surface area contributed by atoms with Gasteiger partial charge < -0.3 is 9.80 Å². The van der Waals surface area contributed by atoms with Gasteiger partial charge in [-0.3, -0.25) is 0 Å². The van der Waals surface area contributed by atoms with Crippen LogP contribution in [-0.4, -0.2) is 67.9 Å². The topological polar surface area (TPSA) is 56.8 Å². The number of nitrogens with zero attached hydrogens (tertiary/aromatic N) is 4. The molecule has 0 amide bonds. The van der Waals surface area contributed by atoms with Crippen LogP contribution in [0.3, 0.4) is 0 Å². The minimum absolute atomic E-state index is 0.0424.